The van der Waals surface area contributed by atoms with E-state index in [0.29, 0.717) is 18.7 Å². The molecule has 2 fully saturated rings. The molecule has 0 radical (unpaired) electrons. The Morgan fingerprint density at radius 3 is 2.29 bits per heavy atom. The fourth-order valence-electron chi connectivity index (χ4n) is 2.25. The third kappa shape index (κ3) is 1.41. The molecule has 0 heterocycles. The Labute approximate surface area is 82.6 Å². The van der Waals surface area contributed by atoms with Gasteiger partial charge < -0.3 is 5.73 Å². The molecule has 0 amide bonds. The van der Waals surface area contributed by atoms with Crippen molar-refractivity contribution in [3.8, 4) is 0 Å². The van der Waals surface area contributed by atoms with E-state index in [1.165, 1.54) is 0 Å². The van der Waals surface area contributed by atoms with Gasteiger partial charge in [0.05, 0.1) is 11.9 Å². The molecule has 2 saturated carbocycles. The smallest absolute Gasteiger partial charge is 0.254 e. The third-order valence-corrected chi connectivity index (χ3v) is 3.34. The number of alkyl halides is 2. The third-order valence-electron chi connectivity index (χ3n) is 3.34. The van der Waals surface area contributed by atoms with Crippen molar-refractivity contribution in [1.82, 2.24) is 0 Å². The summed E-state index contributed by atoms with van der Waals surface area (Å²) in [5.41, 5.74) is 5.69. The van der Waals surface area contributed by atoms with Gasteiger partial charge in [-0.3, -0.25) is 4.99 Å². The van der Waals surface area contributed by atoms with E-state index in [2.05, 4.69) is 4.99 Å². The topological polar surface area (TPSA) is 38.4 Å². The van der Waals surface area contributed by atoms with Crippen molar-refractivity contribution in [2.75, 3.05) is 0 Å². The van der Waals surface area contributed by atoms with Crippen molar-refractivity contribution in [3.05, 3.63) is 0 Å². The van der Waals surface area contributed by atoms with E-state index < -0.39 is 17.8 Å². The Kier molecular flexibility index (Phi) is 2.05. The molecule has 0 aromatic heterocycles. The zero-order valence-corrected chi connectivity index (χ0v) is 8.50. The summed E-state index contributed by atoms with van der Waals surface area (Å²) in [6.07, 6.45) is 1.04. The van der Waals surface area contributed by atoms with E-state index in [1.54, 1.807) is 0 Å². The van der Waals surface area contributed by atoms with Gasteiger partial charge in [0.1, 0.15) is 0 Å². The first kappa shape index (κ1) is 9.87. The normalized spacial score (nSPS) is 40.1. The lowest BCUT2D eigenvalue weighted by Crippen LogP contribution is -2.22. The number of fused-ring (bicyclic) bond motifs is 1. The molecular formula is C10H16F2N2. The second-order valence-electron chi connectivity index (χ2n) is 4.72. The lowest BCUT2D eigenvalue weighted by Gasteiger charge is -2.12. The summed E-state index contributed by atoms with van der Waals surface area (Å²) in [5, 5.41) is 0. The molecule has 2 rings (SSSR count). The van der Waals surface area contributed by atoms with Crippen LogP contribution in [0.3, 0.4) is 0 Å². The molecule has 0 aliphatic heterocycles. The summed E-state index contributed by atoms with van der Waals surface area (Å²) < 4.78 is 25.7. The molecule has 4 heteroatoms. The molecule has 2 atom stereocenters. The van der Waals surface area contributed by atoms with Crippen molar-refractivity contribution >= 4 is 5.84 Å². The van der Waals surface area contributed by atoms with Gasteiger partial charge in [-0.2, -0.15) is 0 Å². The minimum Gasteiger partial charge on any atom is -0.387 e. The number of halogens is 2. The number of nitrogens with zero attached hydrogens (tertiary/aromatic N) is 1. The SMILES string of the molecule is CC(C)C(N)=NC1CC2C(C1)C2(F)F. The summed E-state index contributed by atoms with van der Waals surface area (Å²) >= 11 is 0. The minimum atomic E-state index is -2.39. The summed E-state index contributed by atoms with van der Waals surface area (Å²) in [5.74, 6) is -2.39. The van der Waals surface area contributed by atoms with E-state index in [0.717, 1.165) is 0 Å². The standard InChI is InChI=1S/C10H16F2N2/c1-5(2)9(13)14-6-3-7-8(4-6)10(7,11)12/h5-8H,3-4H2,1-2H3,(H2,13,14). The molecule has 2 aliphatic carbocycles. The van der Waals surface area contributed by atoms with Crippen LogP contribution in [-0.4, -0.2) is 17.8 Å². The molecule has 2 aliphatic rings. The van der Waals surface area contributed by atoms with Gasteiger partial charge in [0, 0.05) is 17.8 Å². The van der Waals surface area contributed by atoms with Crippen LogP contribution in [0.25, 0.3) is 0 Å². The number of hydrogen-bond acceptors (Lipinski definition) is 1. The van der Waals surface area contributed by atoms with Gasteiger partial charge in [0.25, 0.3) is 5.92 Å². The fourth-order valence-corrected chi connectivity index (χ4v) is 2.25. The van der Waals surface area contributed by atoms with Crippen LogP contribution in [0, 0.1) is 17.8 Å². The van der Waals surface area contributed by atoms with Gasteiger partial charge in [-0.25, -0.2) is 8.78 Å². The van der Waals surface area contributed by atoms with Gasteiger partial charge >= 0.3 is 0 Å². The van der Waals surface area contributed by atoms with E-state index in [-0.39, 0.29) is 12.0 Å². The molecule has 0 aromatic rings. The quantitative estimate of drug-likeness (QED) is 0.540. The Balaban J connectivity index is 1.92. The maximum Gasteiger partial charge on any atom is 0.254 e. The Morgan fingerprint density at radius 1 is 1.36 bits per heavy atom. The molecule has 2 N–H and O–H groups in total. The highest BCUT2D eigenvalue weighted by molar-refractivity contribution is 5.82. The van der Waals surface area contributed by atoms with Crippen LogP contribution in [-0.2, 0) is 0 Å². The average Bonchev–Trinajstić information content (AvgIpc) is 2.51. The zero-order chi connectivity index (χ0) is 10.5. The van der Waals surface area contributed by atoms with Crippen LogP contribution < -0.4 is 5.73 Å². The maximum atomic E-state index is 12.8. The Hall–Kier alpha value is -0.670. The molecular weight excluding hydrogens is 186 g/mol. The fraction of sp³-hybridized carbons (Fsp3) is 0.900. The van der Waals surface area contributed by atoms with Crippen molar-refractivity contribution in [1.29, 1.82) is 0 Å². The second-order valence-corrected chi connectivity index (χ2v) is 4.72. The molecule has 80 valence electrons. The Morgan fingerprint density at radius 2 is 1.86 bits per heavy atom. The second kappa shape index (κ2) is 2.91. The zero-order valence-electron chi connectivity index (χ0n) is 8.50. The van der Waals surface area contributed by atoms with E-state index in [9.17, 15) is 8.78 Å². The molecule has 2 nitrogen and oxygen atoms in total. The van der Waals surface area contributed by atoms with Gasteiger partial charge in [-0.1, -0.05) is 13.8 Å². The minimum absolute atomic E-state index is 0.0482. The maximum absolute atomic E-state index is 12.8. The average molecular weight is 202 g/mol. The van der Waals surface area contributed by atoms with Crippen molar-refractivity contribution in [2.24, 2.45) is 28.5 Å². The summed E-state index contributed by atoms with van der Waals surface area (Å²) in [4.78, 5) is 4.28. The van der Waals surface area contributed by atoms with Crippen LogP contribution in [0.2, 0.25) is 0 Å². The van der Waals surface area contributed by atoms with Crippen LogP contribution in [0.1, 0.15) is 26.7 Å². The van der Waals surface area contributed by atoms with E-state index in [1.807, 2.05) is 13.8 Å². The number of amidine groups is 1. The highest BCUT2D eigenvalue weighted by Gasteiger charge is 2.71. The number of aliphatic imine (C=N–C) groups is 1. The van der Waals surface area contributed by atoms with Crippen molar-refractivity contribution in [3.63, 3.8) is 0 Å². The summed E-state index contributed by atoms with van der Waals surface area (Å²) in [7, 11) is 0. The van der Waals surface area contributed by atoms with E-state index in [4.69, 9.17) is 5.73 Å². The van der Waals surface area contributed by atoms with E-state index >= 15 is 0 Å². The number of rotatable bonds is 2. The van der Waals surface area contributed by atoms with Gasteiger partial charge in [-0.15, -0.1) is 0 Å². The predicted octanol–water partition coefficient (Wildman–Crippen LogP) is 2.04. The predicted molar refractivity (Wildman–Crippen MR) is 51.4 cm³/mol. The highest BCUT2D eigenvalue weighted by Crippen LogP contribution is 2.64. The highest BCUT2D eigenvalue weighted by atomic mass is 19.3. The molecule has 2 unspecified atom stereocenters. The lowest BCUT2D eigenvalue weighted by atomic mass is 10.1. The summed E-state index contributed by atoms with van der Waals surface area (Å²) in [6, 6.07) is 0.0482. The monoisotopic (exact) mass is 202 g/mol. The molecule has 0 bridgehead atoms. The number of hydrogen-bond donors (Lipinski definition) is 1. The molecule has 0 spiro atoms. The van der Waals surface area contributed by atoms with Crippen LogP contribution in [0.4, 0.5) is 8.78 Å². The first-order valence-corrected chi connectivity index (χ1v) is 5.14. The van der Waals surface area contributed by atoms with Crippen LogP contribution in [0.5, 0.6) is 0 Å². The molecule has 0 saturated heterocycles. The lowest BCUT2D eigenvalue weighted by molar-refractivity contribution is 0.0700. The van der Waals surface area contributed by atoms with Gasteiger partial charge in [-0.05, 0) is 12.8 Å². The summed E-state index contributed by atoms with van der Waals surface area (Å²) in [6.45, 7) is 3.92. The number of nitrogens with two attached hydrogens (primary N) is 1. The first-order chi connectivity index (χ1) is 6.43. The Bertz CT molecular complexity index is 259. The first-order valence-electron chi connectivity index (χ1n) is 5.14. The largest absolute Gasteiger partial charge is 0.387 e. The van der Waals surface area contributed by atoms with Gasteiger partial charge in [0.15, 0.2) is 0 Å². The van der Waals surface area contributed by atoms with Crippen LogP contribution in [0.15, 0.2) is 4.99 Å². The molecule has 0 aromatic carbocycles. The van der Waals surface area contributed by atoms with Crippen molar-refractivity contribution in [2.45, 2.75) is 38.7 Å². The van der Waals surface area contributed by atoms with Crippen LogP contribution >= 0.6 is 0 Å². The van der Waals surface area contributed by atoms with Gasteiger partial charge in [0.2, 0.25) is 0 Å². The van der Waals surface area contributed by atoms with Crippen molar-refractivity contribution < 1.29 is 8.78 Å². The molecule has 14 heavy (non-hydrogen) atoms.